The molecular weight excluding hydrogens is 556 g/mol. The average molecular weight is 578 g/mol. The van der Waals surface area contributed by atoms with Gasteiger partial charge in [-0.25, -0.2) is 19.7 Å². The topological polar surface area (TPSA) is 108 Å². The molecule has 0 radical (unpaired) electrons. The number of halogens is 2. The van der Waals surface area contributed by atoms with Gasteiger partial charge in [0.15, 0.2) is 0 Å². The Balaban J connectivity index is 0.00000400. The normalized spacial score (nSPS) is 11.5. The molecule has 12 heteroatoms. The number of carbonyl (C=O) groups excluding carboxylic acids is 1. The van der Waals surface area contributed by atoms with Crippen molar-refractivity contribution < 1.29 is 14.7 Å². The Bertz CT molecular complexity index is 1370. The fourth-order valence-electron chi connectivity index (χ4n) is 3.46. The molecule has 1 atom stereocenters. The number of hydrogen-bond acceptors (Lipinski definition) is 7. The molecule has 38 heavy (non-hydrogen) atoms. The van der Waals surface area contributed by atoms with Gasteiger partial charge in [-0.2, -0.15) is 0 Å². The summed E-state index contributed by atoms with van der Waals surface area (Å²) in [7, 11) is 0. The molecule has 1 amide bonds. The van der Waals surface area contributed by atoms with Crippen molar-refractivity contribution in [1.29, 1.82) is 0 Å². The van der Waals surface area contributed by atoms with Crippen molar-refractivity contribution in [1.82, 2.24) is 20.3 Å². The van der Waals surface area contributed by atoms with Crippen LogP contribution in [-0.4, -0.2) is 67.5 Å². The van der Waals surface area contributed by atoms with Gasteiger partial charge in [0.05, 0.1) is 33.4 Å². The van der Waals surface area contributed by atoms with Gasteiger partial charge in [-0.05, 0) is 42.3 Å². The van der Waals surface area contributed by atoms with E-state index in [4.69, 9.17) is 23.2 Å². The second-order valence-electron chi connectivity index (χ2n) is 7.81. The Morgan fingerprint density at radius 2 is 1.71 bits per heavy atom. The van der Waals surface area contributed by atoms with Crippen molar-refractivity contribution in [2.75, 3.05) is 4.90 Å². The summed E-state index contributed by atoms with van der Waals surface area (Å²) in [6.45, 7) is 0.512. The third-order valence-corrected chi connectivity index (χ3v) is 6.54. The minimum absolute atomic E-state index is 0. The quantitative estimate of drug-likeness (QED) is 0.249. The SMILES string of the molecule is O=C(NC(CC=Cc1ccc(N(Cc2cscn2)c2ncccn2)cc1)C(=O)O)c1c(Cl)cccc1Cl.[NaH]. The molecule has 0 aliphatic carbocycles. The van der Waals surface area contributed by atoms with Gasteiger partial charge in [-0.15, -0.1) is 11.3 Å². The van der Waals surface area contributed by atoms with Gasteiger partial charge in [0.25, 0.3) is 5.91 Å². The van der Waals surface area contributed by atoms with Crippen LogP contribution in [-0.2, 0) is 11.3 Å². The van der Waals surface area contributed by atoms with Crippen molar-refractivity contribution in [3.63, 3.8) is 0 Å². The Hall–Kier alpha value is -2.79. The number of rotatable bonds is 10. The Labute approximate surface area is 255 Å². The van der Waals surface area contributed by atoms with Crippen LogP contribution in [0, 0.1) is 0 Å². The molecule has 0 saturated heterocycles. The number of carboxylic acids is 1. The molecule has 2 aromatic carbocycles. The van der Waals surface area contributed by atoms with Gasteiger partial charge >= 0.3 is 35.5 Å². The van der Waals surface area contributed by atoms with E-state index in [0.717, 1.165) is 16.9 Å². The molecular formula is C26H22Cl2N5NaO3S. The van der Waals surface area contributed by atoms with E-state index in [0.29, 0.717) is 12.5 Å². The molecule has 2 N–H and O–H groups in total. The summed E-state index contributed by atoms with van der Waals surface area (Å²) in [5.74, 6) is -1.27. The summed E-state index contributed by atoms with van der Waals surface area (Å²) >= 11 is 13.7. The second-order valence-corrected chi connectivity index (χ2v) is 9.34. The molecule has 0 bridgehead atoms. The Kier molecular flexibility index (Phi) is 11.3. The van der Waals surface area contributed by atoms with Gasteiger partial charge < -0.3 is 15.3 Å². The maximum atomic E-state index is 12.6. The van der Waals surface area contributed by atoms with Crippen molar-refractivity contribution in [3.8, 4) is 0 Å². The number of aliphatic carboxylic acids is 1. The van der Waals surface area contributed by atoms with E-state index < -0.39 is 17.9 Å². The van der Waals surface area contributed by atoms with Crippen LogP contribution in [0.3, 0.4) is 0 Å². The first-order valence-electron chi connectivity index (χ1n) is 11.1. The van der Waals surface area contributed by atoms with E-state index in [1.165, 1.54) is 23.5 Å². The van der Waals surface area contributed by atoms with Crippen LogP contribution in [0.25, 0.3) is 6.08 Å². The molecule has 4 aromatic rings. The van der Waals surface area contributed by atoms with E-state index in [1.807, 2.05) is 34.5 Å². The second kappa shape index (κ2) is 14.4. The van der Waals surface area contributed by atoms with E-state index in [1.54, 1.807) is 42.2 Å². The van der Waals surface area contributed by atoms with Gasteiger partial charge in [0.2, 0.25) is 5.95 Å². The molecule has 0 aliphatic rings. The average Bonchev–Trinajstić information content (AvgIpc) is 3.41. The zero-order valence-electron chi connectivity index (χ0n) is 19.3. The minimum atomic E-state index is -1.17. The van der Waals surface area contributed by atoms with Crippen LogP contribution in [0.1, 0.15) is 28.0 Å². The summed E-state index contributed by atoms with van der Waals surface area (Å²) < 4.78 is 0. The zero-order valence-corrected chi connectivity index (χ0v) is 21.6. The molecule has 0 fully saturated rings. The predicted octanol–water partition coefficient (Wildman–Crippen LogP) is 5.22. The number of anilines is 2. The van der Waals surface area contributed by atoms with Gasteiger partial charge in [0, 0.05) is 23.5 Å². The fourth-order valence-corrected chi connectivity index (χ4v) is 4.58. The predicted molar refractivity (Wildman–Crippen MR) is 153 cm³/mol. The first-order valence-corrected chi connectivity index (χ1v) is 12.8. The standard InChI is InChI=1S/C26H21Cl2N5O3S.Na.H/c27-20-5-2-6-21(28)23(20)24(34)32-22(25(35)36)7-1-4-17-8-10-19(11-9-17)33(14-18-15-37-16-31-18)26-29-12-3-13-30-26;;/h1-6,8-13,15-16,22H,7,14H2,(H,32,34)(H,35,36);;. The van der Waals surface area contributed by atoms with Crippen molar-refractivity contribution in [3.05, 3.63) is 105 Å². The summed E-state index contributed by atoms with van der Waals surface area (Å²) in [5.41, 5.74) is 4.46. The van der Waals surface area contributed by atoms with E-state index in [-0.39, 0.29) is 51.6 Å². The first kappa shape index (κ1) is 29.8. The number of carboxylic acid groups (broad SMARTS) is 1. The van der Waals surface area contributed by atoms with Gasteiger partial charge in [-0.3, -0.25) is 4.79 Å². The Morgan fingerprint density at radius 3 is 2.32 bits per heavy atom. The summed E-state index contributed by atoms with van der Waals surface area (Å²) in [6.07, 6.45) is 6.92. The van der Waals surface area contributed by atoms with E-state index in [9.17, 15) is 14.7 Å². The van der Waals surface area contributed by atoms with E-state index in [2.05, 4.69) is 20.3 Å². The van der Waals surface area contributed by atoms with E-state index >= 15 is 0 Å². The third-order valence-electron chi connectivity index (χ3n) is 5.28. The number of carbonyl (C=O) groups is 2. The van der Waals surface area contributed by atoms with Crippen LogP contribution in [0.2, 0.25) is 10.0 Å². The molecule has 1 unspecified atom stereocenters. The van der Waals surface area contributed by atoms with Crippen molar-refractivity contribution in [2.24, 2.45) is 0 Å². The van der Waals surface area contributed by atoms with Crippen molar-refractivity contribution in [2.45, 2.75) is 19.0 Å². The number of amides is 1. The summed E-state index contributed by atoms with van der Waals surface area (Å²) in [6, 6.07) is 12.9. The number of benzene rings is 2. The third kappa shape index (κ3) is 7.86. The number of thiazole rings is 1. The van der Waals surface area contributed by atoms with Crippen LogP contribution >= 0.6 is 34.5 Å². The molecule has 4 rings (SSSR count). The first-order chi connectivity index (χ1) is 17.9. The summed E-state index contributed by atoms with van der Waals surface area (Å²) in [4.78, 5) is 39.4. The maximum absolute atomic E-state index is 12.6. The van der Waals surface area contributed by atoms with Crippen LogP contribution in [0.15, 0.2) is 77.9 Å². The van der Waals surface area contributed by atoms with Gasteiger partial charge in [0.1, 0.15) is 6.04 Å². The number of nitrogens with zero attached hydrogens (tertiary/aromatic N) is 4. The van der Waals surface area contributed by atoms with Crippen LogP contribution < -0.4 is 10.2 Å². The molecule has 2 aromatic heterocycles. The molecule has 0 saturated carbocycles. The monoisotopic (exact) mass is 577 g/mol. The zero-order chi connectivity index (χ0) is 26.2. The van der Waals surface area contributed by atoms with Crippen LogP contribution in [0.4, 0.5) is 11.6 Å². The molecule has 2 heterocycles. The summed E-state index contributed by atoms with van der Waals surface area (Å²) in [5, 5.41) is 14.3. The molecule has 0 spiro atoms. The number of hydrogen-bond donors (Lipinski definition) is 2. The van der Waals surface area contributed by atoms with Crippen molar-refractivity contribution >= 4 is 93.7 Å². The molecule has 190 valence electrons. The van der Waals surface area contributed by atoms with Gasteiger partial charge in [-0.1, -0.05) is 53.6 Å². The van der Waals surface area contributed by atoms with Crippen LogP contribution in [0.5, 0.6) is 0 Å². The molecule has 8 nitrogen and oxygen atoms in total. The Morgan fingerprint density at radius 1 is 1.03 bits per heavy atom. The number of nitrogens with one attached hydrogen (secondary N) is 1. The molecule has 0 aliphatic heterocycles. The fraction of sp³-hybridized carbons (Fsp3) is 0.115. The number of aromatic nitrogens is 3.